The number of rotatable bonds is 30. The molecule has 9 aromatic rings. The predicted octanol–water partition coefficient (Wildman–Crippen LogP) is 8.32. The van der Waals surface area contributed by atoms with Gasteiger partial charge in [-0.1, -0.05) is 44.2 Å². The van der Waals surface area contributed by atoms with Gasteiger partial charge in [-0.2, -0.15) is 0 Å². The van der Waals surface area contributed by atoms with Crippen molar-refractivity contribution in [1.29, 1.82) is 0 Å². The van der Waals surface area contributed by atoms with E-state index in [1.54, 1.807) is 45.7 Å². The zero-order valence-corrected chi connectivity index (χ0v) is 53.3. The lowest BCUT2D eigenvalue weighted by Gasteiger charge is -2.20. The minimum Gasteiger partial charge on any atom is -0.481 e. The van der Waals surface area contributed by atoms with E-state index in [-0.39, 0.29) is 78.8 Å². The molecule has 0 bridgehead atoms. The summed E-state index contributed by atoms with van der Waals surface area (Å²) in [7, 11) is 2.92. The molecule has 5 amide bonds. The fraction of sp³-hybridized carbons (Fsp3) is 0.310. The van der Waals surface area contributed by atoms with Crippen molar-refractivity contribution in [3.63, 3.8) is 0 Å². The lowest BCUT2D eigenvalue weighted by molar-refractivity contribution is -0.138. The molecule has 0 fully saturated rings. The monoisotopic (exact) mass is 1320 g/mol. The maximum atomic E-state index is 14.4. The number of imidazole rings is 1. The average Bonchev–Trinajstić information content (AvgIpc) is 2.42. The minimum atomic E-state index is -1.13. The summed E-state index contributed by atoms with van der Waals surface area (Å²) in [5, 5.41) is 39.8. The Balaban J connectivity index is 1.000. The van der Waals surface area contributed by atoms with Crippen LogP contribution in [0, 0.1) is 12.8 Å². The first kappa shape index (κ1) is 64.7. The topological polar surface area (TPSA) is 368 Å². The van der Waals surface area contributed by atoms with E-state index < -0.39 is 65.9 Å². The number of nitrogens with zero attached hydrogens (tertiary/aromatic N) is 9. The van der Waals surface area contributed by atoms with Gasteiger partial charge in [0, 0.05) is 78.0 Å². The number of carbonyl (C=O) groups is 8. The maximum absolute atomic E-state index is 14.4. The summed E-state index contributed by atoms with van der Waals surface area (Å²) < 4.78 is 6.91. The van der Waals surface area contributed by atoms with Crippen LogP contribution in [-0.2, 0) is 49.8 Å². The van der Waals surface area contributed by atoms with Crippen LogP contribution < -0.4 is 27.0 Å². The summed E-state index contributed by atoms with van der Waals surface area (Å²) in [6, 6.07) is 12.0. The van der Waals surface area contributed by atoms with Crippen molar-refractivity contribution in [3.8, 4) is 49.2 Å². The van der Waals surface area contributed by atoms with Gasteiger partial charge in [0.05, 0.1) is 53.7 Å². The zero-order valence-electron chi connectivity index (χ0n) is 48.4. The molecule has 0 radical (unpaired) electrons. The van der Waals surface area contributed by atoms with Crippen LogP contribution in [0.1, 0.15) is 136 Å². The van der Waals surface area contributed by atoms with E-state index in [1.807, 2.05) is 42.8 Å². The van der Waals surface area contributed by atoms with Gasteiger partial charge in [-0.05, 0) is 43.4 Å². The highest BCUT2D eigenvalue weighted by molar-refractivity contribution is 7.15. The molecule has 25 nitrogen and oxygen atoms in total. The van der Waals surface area contributed by atoms with Crippen molar-refractivity contribution in [1.82, 2.24) is 65.7 Å². The van der Waals surface area contributed by atoms with Gasteiger partial charge in [-0.15, -0.1) is 68.0 Å². The molecule has 9 rings (SSSR count). The number of Topliss-reactive ketones (excluding diaryl/α,β-unsaturated/α-hetero) is 1. The molecule has 462 valence electrons. The number of methoxy groups -OCH3 is 1. The Hall–Kier alpha value is -8.72. The van der Waals surface area contributed by atoms with E-state index in [1.165, 1.54) is 71.3 Å². The second kappa shape index (κ2) is 29.5. The number of nitrogens with two attached hydrogens (primary N) is 1. The van der Waals surface area contributed by atoms with E-state index in [0.29, 0.717) is 69.8 Å². The number of aliphatic carboxylic acids is 2. The van der Waals surface area contributed by atoms with Crippen LogP contribution in [0.4, 0.5) is 0 Å². The molecule has 0 aliphatic rings. The summed E-state index contributed by atoms with van der Waals surface area (Å²) in [6.45, 7) is 5.07. The van der Waals surface area contributed by atoms with E-state index in [2.05, 4.69) is 48.4 Å². The van der Waals surface area contributed by atoms with Crippen LogP contribution in [0.3, 0.4) is 0 Å². The number of carbonyl (C=O) groups excluding carboxylic acids is 6. The van der Waals surface area contributed by atoms with Gasteiger partial charge in [0.1, 0.15) is 76.5 Å². The Morgan fingerprint density at radius 2 is 1.40 bits per heavy atom. The second-order valence-electron chi connectivity index (χ2n) is 20.2. The van der Waals surface area contributed by atoms with Crippen LogP contribution in [-0.4, -0.2) is 123 Å². The molecule has 31 heteroatoms. The Morgan fingerprint density at radius 1 is 0.674 bits per heavy atom. The van der Waals surface area contributed by atoms with Crippen LogP contribution in [0.5, 0.6) is 0 Å². The summed E-state index contributed by atoms with van der Waals surface area (Å²) in [5.74, 6) is -5.08. The molecule has 0 saturated carbocycles. The SMILES string of the molecule is CNC(=O)C[C@H](NC(=O)c1csc(-c2ccc(-c3nc(-n4cc(C(=O)CCC(=O)O)nc4CCCC(=O)O)cs3)nc2-c2csc(-c3csc(CCc4ccccc4)n3)n2)n1)c1nc(C(=O)NC(c2nc(C(=O)NCC(N)=O)c(COC)s2)C(C)C)c(C)s1. The molecular weight excluding hydrogens is 1260 g/mol. The highest BCUT2D eigenvalue weighted by atomic mass is 32.1. The average molecular weight is 1320 g/mol. The molecule has 1 aromatic carbocycles. The van der Waals surface area contributed by atoms with Crippen LogP contribution in [0.2, 0.25) is 0 Å². The number of nitrogens with one attached hydrogen (secondary N) is 4. The van der Waals surface area contributed by atoms with Gasteiger partial charge in [-0.25, -0.2) is 39.9 Å². The zero-order chi connectivity index (χ0) is 63.5. The number of pyridine rings is 1. The van der Waals surface area contributed by atoms with Gasteiger partial charge < -0.3 is 42.0 Å². The molecule has 0 aliphatic heterocycles. The molecule has 8 heterocycles. The van der Waals surface area contributed by atoms with Gasteiger partial charge in [-0.3, -0.25) is 42.9 Å². The number of benzene rings is 1. The summed E-state index contributed by atoms with van der Waals surface area (Å²) in [4.78, 5) is 141. The number of hydrogen-bond acceptors (Lipinski definition) is 23. The number of carboxylic acid groups (broad SMARTS) is 2. The molecule has 0 saturated heterocycles. The molecule has 8 aromatic heterocycles. The fourth-order valence-corrected chi connectivity index (χ4v) is 14.4. The summed E-state index contributed by atoms with van der Waals surface area (Å²) in [6.07, 6.45) is 2.40. The quantitative estimate of drug-likeness (QED) is 0.0208. The number of primary amides is 1. The Kier molecular flexibility index (Phi) is 21.5. The van der Waals surface area contributed by atoms with Crippen LogP contribution in [0.25, 0.3) is 49.2 Å². The normalized spacial score (nSPS) is 12.0. The molecule has 1 unspecified atom stereocenters. The van der Waals surface area contributed by atoms with Crippen molar-refractivity contribution < 1.29 is 53.3 Å². The van der Waals surface area contributed by atoms with Crippen LogP contribution >= 0.6 is 68.0 Å². The first-order valence-electron chi connectivity index (χ1n) is 27.5. The number of carboxylic acids is 2. The first-order valence-corrected chi connectivity index (χ1v) is 32.7. The summed E-state index contributed by atoms with van der Waals surface area (Å²) >= 11 is 7.66. The summed E-state index contributed by atoms with van der Waals surface area (Å²) in [5.41, 5.74) is 9.12. The third-order valence-corrected chi connectivity index (χ3v) is 19.1. The molecular formula is C58H58N14O11S6. The largest absolute Gasteiger partial charge is 0.481 e. The van der Waals surface area contributed by atoms with Crippen LogP contribution in [0.15, 0.2) is 70.2 Å². The van der Waals surface area contributed by atoms with Gasteiger partial charge >= 0.3 is 11.9 Å². The Morgan fingerprint density at radius 3 is 2.13 bits per heavy atom. The second-order valence-corrected chi connectivity index (χ2v) is 26.1. The highest BCUT2D eigenvalue weighted by Crippen LogP contribution is 2.39. The number of aryl methyl sites for hydroxylation is 4. The van der Waals surface area contributed by atoms with E-state index >= 15 is 0 Å². The lowest BCUT2D eigenvalue weighted by Crippen LogP contribution is -2.34. The number of ether oxygens (including phenoxy) is 1. The van der Waals surface area contributed by atoms with Crippen molar-refractivity contribution in [2.75, 3.05) is 20.7 Å². The molecule has 8 N–H and O–H groups in total. The Bertz CT molecular complexity index is 4090. The van der Waals surface area contributed by atoms with Gasteiger partial charge in [0.15, 0.2) is 5.78 Å². The highest BCUT2D eigenvalue weighted by Gasteiger charge is 2.31. The number of amides is 5. The third-order valence-electron chi connectivity index (χ3n) is 13.4. The maximum Gasteiger partial charge on any atom is 0.303 e. The minimum absolute atomic E-state index is 0.0151. The van der Waals surface area contributed by atoms with Crippen molar-refractivity contribution in [2.45, 2.75) is 90.8 Å². The fourth-order valence-electron chi connectivity index (χ4n) is 8.92. The number of aromatic nitrogens is 9. The molecule has 89 heavy (non-hydrogen) atoms. The van der Waals surface area contributed by atoms with Gasteiger partial charge in [0.2, 0.25) is 11.8 Å². The molecule has 2 atom stereocenters. The van der Waals surface area contributed by atoms with Crippen molar-refractivity contribution in [3.05, 3.63) is 129 Å². The number of ketones is 1. The smallest absolute Gasteiger partial charge is 0.303 e. The number of thiazole rings is 6. The van der Waals surface area contributed by atoms with E-state index in [4.69, 9.17) is 35.4 Å². The number of hydrogen-bond donors (Lipinski definition) is 7. The van der Waals surface area contributed by atoms with Gasteiger partial charge in [0.25, 0.3) is 17.7 Å². The predicted molar refractivity (Wildman–Crippen MR) is 337 cm³/mol. The Labute approximate surface area is 532 Å². The van der Waals surface area contributed by atoms with Crippen molar-refractivity contribution >= 4 is 115 Å². The van der Waals surface area contributed by atoms with Crippen molar-refractivity contribution in [2.24, 2.45) is 11.7 Å². The third kappa shape index (κ3) is 16.3. The first-order chi connectivity index (χ1) is 42.7. The van der Waals surface area contributed by atoms with E-state index in [0.717, 1.165) is 29.2 Å². The molecule has 0 spiro atoms. The molecule has 0 aliphatic carbocycles. The van der Waals surface area contributed by atoms with E-state index in [9.17, 15) is 48.6 Å². The standard InChI is InChI=1S/C58H58N14O11S6/c1-28(2)47(58-71-50(39(89-58)23-83-5)52(81)61-21-40(59)74)69-53(82)48-29(3)88-57(70-48)33(20-43(75)60-4)65-51(80)36-25-85-54(67-36)31-15-16-32(64-49(31)35-24-86-56(66-35)37-26-84-44(63-37)18-14-30-10-7-6-8-11-30)55-68-42(27-87-55)72-22-34(38(73)17-19-46(78)79)62-41(72)12-9-13-45(76)77/h6-8,10-11,15-16,22,24-28,33,47H,9,12-14,17-21,23H2,1-5H3,(H2,59,74)(H,60,75)(H,61,81)(H,65,80)(H,69,82)(H,76,77)(H,78,79)/t33-,47?/m0/s1. The lowest BCUT2D eigenvalue weighted by atomic mass is 10.0.